The van der Waals surface area contributed by atoms with Crippen LogP contribution in [0.25, 0.3) is 0 Å². The van der Waals surface area contributed by atoms with Crippen LogP contribution in [0.5, 0.6) is 0 Å². The SMILES string of the molecule is C#CCN=C(NCC)N(C)Cc1cc(Br)cn1C.I. The van der Waals surface area contributed by atoms with Gasteiger partial charge in [-0.15, -0.1) is 30.4 Å². The third kappa shape index (κ3) is 5.87. The first kappa shape index (κ1) is 18.3. The van der Waals surface area contributed by atoms with Crippen LogP contribution < -0.4 is 5.32 Å². The lowest BCUT2D eigenvalue weighted by atomic mass is 10.4. The van der Waals surface area contributed by atoms with Crippen molar-refractivity contribution in [3.8, 4) is 12.3 Å². The van der Waals surface area contributed by atoms with E-state index in [1.54, 1.807) is 0 Å². The average Bonchev–Trinajstić information content (AvgIpc) is 2.63. The fraction of sp³-hybridized carbons (Fsp3) is 0.462. The van der Waals surface area contributed by atoms with Crippen LogP contribution in [0.4, 0.5) is 0 Å². The van der Waals surface area contributed by atoms with Gasteiger partial charge < -0.3 is 14.8 Å². The van der Waals surface area contributed by atoms with E-state index >= 15 is 0 Å². The van der Waals surface area contributed by atoms with Crippen LogP contribution in [0, 0.1) is 12.3 Å². The molecule has 106 valence electrons. The molecule has 0 spiro atoms. The van der Waals surface area contributed by atoms with Gasteiger partial charge in [-0.3, -0.25) is 0 Å². The van der Waals surface area contributed by atoms with E-state index in [0.717, 1.165) is 23.5 Å². The van der Waals surface area contributed by atoms with Crippen molar-refractivity contribution in [1.82, 2.24) is 14.8 Å². The predicted octanol–water partition coefficient (Wildman–Crippen LogP) is 2.44. The van der Waals surface area contributed by atoms with Crippen LogP contribution in [-0.4, -0.2) is 35.6 Å². The van der Waals surface area contributed by atoms with Gasteiger partial charge in [0.15, 0.2) is 5.96 Å². The molecule has 0 fully saturated rings. The van der Waals surface area contributed by atoms with E-state index in [0.29, 0.717) is 6.54 Å². The van der Waals surface area contributed by atoms with Crippen molar-refractivity contribution in [3.63, 3.8) is 0 Å². The summed E-state index contributed by atoms with van der Waals surface area (Å²) in [6.07, 6.45) is 7.28. The van der Waals surface area contributed by atoms with E-state index in [9.17, 15) is 0 Å². The zero-order valence-corrected chi connectivity index (χ0v) is 15.4. The lowest BCUT2D eigenvalue weighted by Gasteiger charge is -2.22. The van der Waals surface area contributed by atoms with Gasteiger partial charge in [-0.05, 0) is 28.9 Å². The Bertz CT molecular complexity index is 462. The number of aryl methyl sites for hydroxylation is 1. The van der Waals surface area contributed by atoms with Crippen LogP contribution in [0.2, 0.25) is 0 Å². The largest absolute Gasteiger partial charge is 0.356 e. The molecule has 1 aromatic heterocycles. The van der Waals surface area contributed by atoms with E-state index in [-0.39, 0.29) is 24.0 Å². The van der Waals surface area contributed by atoms with Crippen molar-refractivity contribution in [2.45, 2.75) is 13.5 Å². The van der Waals surface area contributed by atoms with Crippen molar-refractivity contribution in [2.24, 2.45) is 12.0 Å². The number of guanidine groups is 1. The maximum Gasteiger partial charge on any atom is 0.194 e. The van der Waals surface area contributed by atoms with Crippen LogP contribution >= 0.6 is 39.9 Å². The Balaban J connectivity index is 0.00000324. The summed E-state index contributed by atoms with van der Waals surface area (Å²) in [5.74, 6) is 3.35. The molecule has 0 amide bonds. The minimum atomic E-state index is 0. The van der Waals surface area contributed by atoms with Crippen molar-refractivity contribution in [1.29, 1.82) is 0 Å². The number of halogens is 2. The van der Waals surface area contributed by atoms with Crippen LogP contribution in [0.1, 0.15) is 12.6 Å². The Hall–Kier alpha value is -0.680. The van der Waals surface area contributed by atoms with Gasteiger partial charge in [0.05, 0.1) is 6.54 Å². The van der Waals surface area contributed by atoms with Gasteiger partial charge in [0.1, 0.15) is 6.54 Å². The molecule has 1 N–H and O–H groups in total. The second-order valence-corrected chi connectivity index (χ2v) is 4.91. The third-order valence-electron chi connectivity index (χ3n) is 2.49. The van der Waals surface area contributed by atoms with E-state index < -0.39 is 0 Å². The van der Waals surface area contributed by atoms with Crippen LogP contribution in [0.3, 0.4) is 0 Å². The molecule has 0 bridgehead atoms. The molecule has 0 saturated carbocycles. The standard InChI is InChI=1S/C13H19BrN4.HI/c1-5-7-16-13(15-6-2)18(4)10-12-8-11(14)9-17(12)3;/h1,8-9H,6-7,10H2,2-4H3,(H,15,16);1H. The number of nitrogens with one attached hydrogen (secondary N) is 1. The molecule has 0 aliphatic rings. The summed E-state index contributed by atoms with van der Waals surface area (Å²) in [6.45, 7) is 4.03. The van der Waals surface area contributed by atoms with Crippen LogP contribution in [0.15, 0.2) is 21.7 Å². The summed E-state index contributed by atoms with van der Waals surface area (Å²) < 4.78 is 3.17. The Labute approximate surface area is 140 Å². The topological polar surface area (TPSA) is 32.6 Å². The molecular weight excluding hydrogens is 419 g/mol. The summed E-state index contributed by atoms with van der Waals surface area (Å²) in [6, 6.07) is 2.10. The summed E-state index contributed by atoms with van der Waals surface area (Å²) in [5.41, 5.74) is 1.20. The number of rotatable bonds is 4. The van der Waals surface area contributed by atoms with Crippen molar-refractivity contribution >= 4 is 45.9 Å². The zero-order chi connectivity index (χ0) is 13.5. The summed E-state index contributed by atoms with van der Waals surface area (Å²) >= 11 is 3.47. The van der Waals surface area contributed by atoms with Gasteiger partial charge in [0.2, 0.25) is 0 Å². The molecular formula is C13H20BrIN4. The van der Waals surface area contributed by atoms with Gasteiger partial charge in [0, 0.05) is 37.0 Å². The predicted molar refractivity (Wildman–Crippen MR) is 94.8 cm³/mol. The first-order valence-electron chi connectivity index (χ1n) is 5.82. The van der Waals surface area contributed by atoms with E-state index in [1.807, 2.05) is 27.2 Å². The molecule has 1 heterocycles. The molecule has 4 nitrogen and oxygen atoms in total. The lowest BCUT2D eigenvalue weighted by molar-refractivity contribution is 0.463. The minimum Gasteiger partial charge on any atom is -0.356 e. The van der Waals surface area contributed by atoms with Crippen molar-refractivity contribution in [2.75, 3.05) is 20.1 Å². The van der Waals surface area contributed by atoms with Gasteiger partial charge >= 0.3 is 0 Å². The molecule has 1 aromatic rings. The third-order valence-corrected chi connectivity index (χ3v) is 2.92. The number of nitrogens with zero attached hydrogens (tertiary/aromatic N) is 3. The monoisotopic (exact) mass is 438 g/mol. The Morgan fingerprint density at radius 2 is 2.32 bits per heavy atom. The molecule has 0 atom stereocenters. The lowest BCUT2D eigenvalue weighted by Crippen LogP contribution is -2.38. The normalized spacial score (nSPS) is 10.6. The molecule has 0 radical (unpaired) electrons. The minimum absolute atomic E-state index is 0. The highest BCUT2D eigenvalue weighted by atomic mass is 127. The number of aliphatic imine (C=N–C) groups is 1. The van der Waals surface area contributed by atoms with E-state index in [4.69, 9.17) is 6.42 Å². The Morgan fingerprint density at radius 1 is 1.63 bits per heavy atom. The number of hydrogen-bond donors (Lipinski definition) is 1. The maximum absolute atomic E-state index is 5.24. The number of hydrogen-bond acceptors (Lipinski definition) is 1. The fourth-order valence-corrected chi connectivity index (χ4v) is 2.20. The molecule has 0 aliphatic carbocycles. The highest BCUT2D eigenvalue weighted by molar-refractivity contribution is 14.0. The Morgan fingerprint density at radius 3 is 2.79 bits per heavy atom. The van der Waals surface area contributed by atoms with Gasteiger partial charge in [-0.25, -0.2) is 4.99 Å². The smallest absolute Gasteiger partial charge is 0.194 e. The molecule has 0 aromatic carbocycles. The summed E-state index contributed by atoms with van der Waals surface area (Å²) in [5, 5.41) is 3.22. The number of terminal acetylenes is 1. The first-order valence-corrected chi connectivity index (χ1v) is 6.61. The molecule has 0 unspecified atom stereocenters. The van der Waals surface area contributed by atoms with Gasteiger partial charge in [0.25, 0.3) is 0 Å². The molecule has 1 rings (SSSR count). The van der Waals surface area contributed by atoms with E-state index in [2.05, 4.69) is 47.7 Å². The summed E-state index contributed by atoms with van der Waals surface area (Å²) in [4.78, 5) is 6.40. The highest BCUT2D eigenvalue weighted by Crippen LogP contribution is 2.14. The van der Waals surface area contributed by atoms with Gasteiger partial charge in [-0.2, -0.15) is 0 Å². The quantitative estimate of drug-likeness (QED) is 0.339. The molecule has 19 heavy (non-hydrogen) atoms. The van der Waals surface area contributed by atoms with Crippen molar-refractivity contribution in [3.05, 3.63) is 22.4 Å². The van der Waals surface area contributed by atoms with Crippen LogP contribution in [-0.2, 0) is 13.6 Å². The maximum atomic E-state index is 5.24. The Kier molecular flexibility index (Phi) is 8.93. The fourth-order valence-electron chi connectivity index (χ4n) is 1.63. The van der Waals surface area contributed by atoms with Gasteiger partial charge in [-0.1, -0.05) is 5.92 Å². The van der Waals surface area contributed by atoms with E-state index in [1.165, 1.54) is 5.69 Å². The number of aromatic nitrogens is 1. The van der Waals surface area contributed by atoms with Crippen molar-refractivity contribution < 1.29 is 0 Å². The molecule has 6 heteroatoms. The summed E-state index contributed by atoms with van der Waals surface area (Å²) in [7, 11) is 4.03. The second kappa shape index (κ2) is 9.26. The highest BCUT2D eigenvalue weighted by Gasteiger charge is 2.09. The average molecular weight is 439 g/mol. The molecule has 0 aliphatic heterocycles. The first-order chi connectivity index (χ1) is 8.58. The molecule has 0 saturated heterocycles. The second-order valence-electron chi connectivity index (χ2n) is 3.99. The zero-order valence-electron chi connectivity index (χ0n) is 11.5.